The van der Waals surface area contributed by atoms with Crippen LogP contribution in [0.5, 0.6) is 0 Å². The zero-order valence-electron chi connectivity index (χ0n) is 14.9. The van der Waals surface area contributed by atoms with Gasteiger partial charge in [-0.25, -0.2) is 0 Å². The first-order chi connectivity index (χ1) is 9.00. The predicted molar refractivity (Wildman–Crippen MR) is 106 cm³/mol. The molecule has 1 unspecified atom stereocenters. The quantitative estimate of drug-likeness (QED) is 0.380. The topological polar surface area (TPSA) is 3.24 Å². The molecule has 118 valence electrons. The maximum Gasteiger partial charge on any atom is 0.0610 e. The Labute approximate surface area is 138 Å². The number of hydrogen-bond donors (Lipinski definition) is 0. The Morgan fingerprint density at radius 3 is 1.60 bits per heavy atom. The largest absolute Gasteiger partial charge is 0.375 e. The Kier molecular flexibility index (Phi) is 5.85. The Morgan fingerprint density at radius 2 is 1.35 bits per heavy atom. The number of halogens is 1. The average Bonchev–Trinajstić information content (AvgIpc) is 2.26. The van der Waals surface area contributed by atoms with E-state index in [4.69, 9.17) is 0 Å². The molecule has 5 heteroatoms. The van der Waals surface area contributed by atoms with E-state index in [1.807, 2.05) is 0 Å². The summed E-state index contributed by atoms with van der Waals surface area (Å²) in [5.74, 6) is 0. The first-order valence-electron chi connectivity index (χ1n) is 7.95. The maximum absolute atomic E-state index is 4.20. The standard InChI is InChI=1S/C15H33BrNPSi2/c1-10-13-14(17(11-2)12-3)15(18(13)16,19(4,5)6)20(7,8)9/h10-12H2,1-9H3. The highest BCUT2D eigenvalue weighted by Crippen LogP contribution is 2.80. The van der Waals surface area contributed by atoms with Gasteiger partial charge in [-0.1, -0.05) is 61.7 Å². The molecule has 0 N–H and O–H groups in total. The zero-order valence-corrected chi connectivity index (χ0v) is 19.4. The van der Waals surface area contributed by atoms with Crippen LogP contribution in [-0.4, -0.2) is 38.5 Å². The predicted octanol–water partition coefficient (Wildman–Crippen LogP) is 6.25. The SMILES string of the molecule is CCC1=C(N(CC)CC)C([Si](C)(C)C)([Si](C)(C)C)P1Br. The summed E-state index contributed by atoms with van der Waals surface area (Å²) in [6.07, 6.45) is 1.22. The van der Waals surface area contributed by atoms with Gasteiger partial charge in [0.1, 0.15) is 0 Å². The number of hydrogen-bond acceptors (Lipinski definition) is 1. The van der Waals surface area contributed by atoms with Crippen molar-refractivity contribution < 1.29 is 0 Å². The van der Waals surface area contributed by atoms with Gasteiger partial charge < -0.3 is 4.90 Å². The third-order valence-corrected chi connectivity index (χ3v) is 26.1. The van der Waals surface area contributed by atoms with Gasteiger partial charge in [0.05, 0.1) is 16.1 Å². The fourth-order valence-electron chi connectivity index (χ4n) is 4.23. The molecule has 20 heavy (non-hydrogen) atoms. The Balaban J connectivity index is 3.58. The van der Waals surface area contributed by atoms with Gasteiger partial charge in [0.25, 0.3) is 0 Å². The van der Waals surface area contributed by atoms with Gasteiger partial charge in [0, 0.05) is 23.2 Å². The van der Waals surface area contributed by atoms with Crippen molar-refractivity contribution in [1.82, 2.24) is 4.90 Å². The van der Waals surface area contributed by atoms with Crippen molar-refractivity contribution in [2.75, 3.05) is 13.1 Å². The van der Waals surface area contributed by atoms with Gasteiger partial charge in [-0.2, -0.15) is 0 Å². The molecule has 0 aromatic rings. The summed E-state index contributed by atoms with van der Waals surface area (Å²) in [6, 6.07) is 0. The summed E-state index contributed by atoms with van der Waals surface area (Å²) in [5, 5.41) is 1.74. The molecule has 0 amide bonds. The summed E-state index contributed by atoms with van der Waals surface area (Å²) >= 11 is 4.20. The molecule has 1 atom stereocenters. The Bertz CT molecular complexity index is 378. The minimum absolute atomic E-state index is 0.114. The minimum atomic E-state index is -1.29. The number of nitrogens with zero attached hydrogens (tertiary/aromatic N) is 1. The zero-order chi connectivity index (χ0) is 15.9. The second kappa shape index (κ2) is 6.18. The number of rotatable bonds is 6. The van der Waals surface area contributed by atoms with Crippen LogP contribution >= 0.6 is 22.1 Å². The van der Waals surface area contributed by atoms with Crippen molar-refractivity contribution in [3.63, 3.8) is 0 Å². The van der Waals surface area contributed by atoms with Crippen molar-refractivity contribution in [3.05, 3.63) is 11.0 Å². The van der Waals surface area contributed by atoms with Gasteiger partial charge in [-0.3, -0.25) is 0 Å². The minimum Gasteiger partial charge on any atom is -0.375 e. The van der Waals surface area contributed by atoms with Gasteiger partial charge in [-0.15, -0.1) is 0 Å². The summed E-state index contributed by atoms with van der Waals surface area (Å²) in [4.78, 5) is 2.68. The maximum atomic E-state index is 4.20. The summed E-state index contributed by atoms with van der Waals surface area (Å²) in [7, 11) is -2.59. The molecule has 1 rings (SSSR count). The van der Waals surface area contributed by atoms with Crippen molar-refractivity contribution in [1.29, 1.82) is 0 Å². The third-order valence-electron chi connectivity index (χ3n) is 4.73. The van der Waals surface area contributed by atoms with E-state index >= 15 is 0 Å². The lowest BCUT2D eigenvalue weighted by atomic mass is 10.3. The molecule has 0 fully saturated rings. The Morgan fingerprint density at radius 1 is 0.950 bits per heavy atom. The molecule has 1 aliphatic rings. The molecule has 0 aromatic heterocycles. The molecule has 0 aromatic carbocycles. The van der Waals surface area contributed by atoms with Crippen LogP contribution in [0.2, 0.25) is 39.3 Å². The van der Waals surface area contributed by atoms with Crippen molar-refractivity contribution in [3.8, 4) is 0 Å². The molecule has 0 spiro atoms. The van der Waals surface area contributed by atoms with Crippen LogP contribution in [-0.2, 0) is 0 Å². The van der Waals surface area contributed by atoms with Crippen LogP contribution in [0.15, 0.2) is 11.0 Å². The first-order valence-corrected chi connectivity index (χ1v) is 18.3. The van der Waals surface area contributed by atoms with Crippen LogP contribution in [0.3, 0.4) is 0 Å². The lowest BCUT2D eigenvalue weighted by molar-refractivity contribution is 0.365. The van der Waals surface area contributed by atoms with Crippen LogP contribution < -0.4 is 0 Å². The molecule has 0 aliphatic carbocycles. The van der Waals surface area contributed by atoms with E-state index in [9.17, 15) is 0 Å². The molecule has 1 heterocycles. The summed E-state index contributed by atoms with van der Waals surface area (Å²) in [6.45, 7) is 24.7. The van der Waals surface area contributed by atoms with Crippen LogP contribution in [0.4, 0.5) is 0 Å². The highest BCUT2D eigenvalue weighted by Gasteiger charge is 2.66. The molecular formula is C15H33BrNPSi2. The van der Waals surface area contributed by atoms with E-state index < -0.39 is 16.1 Å². The van der Waals surface area contributed by atoms with E-state index in [1.54, 1.807) is 11.0 Å². The average molecular weight is 394 g/mol. The van der Waals surface area contributed by atoms with E-state index in [0.29, 0.717) is 4.40 Å². The van der Waals surface area contributed by atoms with Crippen LogP contribution in [0.1, 0.15) is 27.2 Å². The molecule has 1 nitrogen and oxygen atoms in total. The smallest absolute Gasteiger partial charge is 0.0610 e. The van der Waals surface area contributed by atoms with E-state index in [-0.39, 0.29) is 6.62 Å². The summed E-state index contributed by atoms with van der Waals surface area (Å²) < 4.78 is 0.534. The van der Waals surface area contributed by atoms with Gasteiger partial charge >= 0.3 is 0 Å². The molecular weight excluding hydrogens is 361 g/mol. The van der Waals surface area contributed by atoms with Crippen LogP contribution in [0.25, 0.3) is 0 Å². The molecule has 0 bridgehead atoms. The monoisotopic (exact) mass is 393 g/mol. The van der Waals surface area contributed by atoms with Gasteiger partial charge in [-0.05, 0) is 32.2 Å². The van der Waals surface area contributed by atoms with Crippen molar-refractivity contribution in [2.24, 2.45) is 0 Å². The van der Waals surface area contributed by atoms with E-state index in [2.05, 4.69) is 80.4 Å². The first kappa shape index (κ1) is 18.9. The highest BCUT2D eigenvalue weighted by atomic mass is 79.9. The third kappa shape index (κ3) is 2.53. The lowest BCUT2D eigenvalue weighted by Gasteiger charge is -2.65. The van der Waals surface area contributed by atoms with Gasteiger partial charge in [0.15, 0.2) is 0 Å². The molecule has 1 aliphatic heterocycles. The second-order valence-corrected chi connectivity index (χ2v) is 23.6. The second-order valence-electron chi connectivity index (χ2n) is 7.81. The lowest BCUT2D eigenvalue weighted by Crippen LogP contribution is -2.71. The fourth-order valence-corrected chi connectivity index (χ4v) is 33.8. The van der Waals surface area contributed by atoms with Gasteiger partial charge in [0.2, 0.25) is 0 Å². The van der Waals surface area contributed by atoms with Crippen molar-refractivity contribution >= 4 is 38.3 Å². The Hall–Kier alpha value is 0.884. The fraction of sp³-hybridized carbons (Fsp3) is 0.867. The normalized spacial score (nSPS) is 22.8. The number of allylic oxidation sites excluding steroid dienone is 2. The summed E-state index contributed by atoms with van der Waals surface area (Å²) in [5.41, 5.74) is 1.77. The highest BCUT2D eigenvalue weighted by molar-refractivity contribution is 9.40. The van der Waals surface area contributed by atoms with E-state index in [1.165, 1.54) is 6.42 Å². The van der Waals surface area contributed by atoms with Crippen molar-refractivity contribution in [2.45, 2.75) is 70.9 Å². The molecule has 0 saturated carbocycles. The molecule has 0 saturated heterocycles. The molecule has 0 radical (unpaired) electrons. The van der Waals surface area contributed by atoms with Crippen LogP contribution in [0, 0.1) is 0 Å². The van der Waals surface area contributed by atoms with E-state index in [0.717, 1.165) is 13.1 Å².